The Hall–Kier alpha value is -3.71. The monoisotopic (exact) mass is 620 g/mol. The van der Waals surface area contributed by atoms with E-state index in [2.05, 4.69) is 10.6 Å². The zero-order valence-corrected chi connectivity index (χ0v) is 22.6. The molecular weight excluding hydrogens is 589 g/mol. The molecule has 0 aliphatic carbocycles. The lowest BCUT2D eigenvalue weighted by molar-refractivity contribution is -0.138. The number of nitrogens with two attached hydrogens (primary N) is 3. The van der Waals surface area contributed by atoms with Crippen LogP contribution in [0.4, 0.5) is 32.0 Å². The van der Waals surface area contributed by atoms with Gasteiger partial charge in [0.15, 0.2) is 0 Å². The highest BCUT2D eigenvalue weighted by Crippen LogP contribution is 2.31. The van der Waals surface area contributed by atoms with Gasteiger partial charge < -0.3 is 42.8 Å². The highest BCUT2D eigenvalue weighted by molar-refractivity contribution is 6.58. The maximum atomic E-state index is 13.4. The second kappa shape index (κ2) is 15.1. The van der Waals surface area contributed by atoms with Crippen LogP contribution in [0.3, 0.4) is 0 Å². The number of hydrogen-bond acceptors (Lipinski definition) is 8. The highest BCUT2D eigenvalue weighted by atomic mass is 19.4. The van der Waals surface area contributed by atoms with E-state index in [1.807, 2.05) is 0 Å². The molecule has 18 heteroatoms. The highest BCUT2D eigenvalue weighted by Gasteiger charge is 2.34. The van der Waals surface area contributed by atoms with Gasteiger partial charge in [-0.15, -0.1) is 0 Å². The molecule has 2 aromatic carbocycles. The number of hydrogen-bond donors (Lipinski definition) is 7. The van der Waals surface area contributed by atoms with Gasteiger partial charge in [0.1, 0.15) is 6.04 Å². The molecule has 0 bridgehead atoms. The van der Waals surface area contributed by atoms with Crippen molar-refractivity contribution < 1.29 is 50.8 Å². The first-order valence-corrected chi connectivity index (χ1v) is 12.8. The average molecular weight is 620 g/mol. The van der Waals surface area contributed by atoms with Gasteiger partial charge in [0.2, 0.25) is 17.7 Å². The van der Waals surface area contributed by atoms with Crippen molar-refractivity contribution in [2.45, 2.75) is 37.3 Å². The third-order valence-electron chi connectivity index (χ3n) is 6.08. The second-order valence-corrected chi connectivity index (χ2v) is 9.43. The molecule has 11 nitrogen and oxygen atoms in total. The van der Waals surface area contributed by atoms with Crippen LogP contribution in [-0.4, -0.2) is 78.1 Å². The summed E-state index contributed by atoms with van der Waals surface area (Å²) in [7, 11) is -2.32. The van der Waals surface area contributed by atoms with Gasteiger partial charge >= 0.3 is 19.5 Å². The maximum Gasteiger partial charge on any atom is 0.488 e. The van der Waals surface area contributed by atoms with Crippen LogP contribution in [0, 0.1) is 0 Å². The summed E-state index contributed by atoms with van der Waals surface area (Å²) in [5.41, 5.74) is 13.5. The molecule has 0 unspecified atom stereocenters. The maximum absolute atomic E-state index is 13.4. The summed E-state index contributed by atoms with van der Waals surface area (Å²) in [6.45, 7) is 0.468. The van der Waals surface area contributed by atoms with Gasteiger partial charge in [-0.3, -0.25) is 14.4 Å². The lowest BCUT2D eigenvalue weighted by Crippen LogP contribution is -2.52. The summed E-state index contributed by atoms with van der Waals surface area (Å²) in [6.07, 6.45) is -10.5. The molecule has 0 heterocycles. The van der Waals surface area contributed by atoms with Crippen molar-refractivity contribution in [3.63, 3.8) is 0 Å². The van der Waals surface area contributed by atoms with E-state index in [0.717, 1.165) is 30.3 Å². The van der Waals surface area contributed by atoms with E-state index >= 15 is 0 Å². The van der Waals surface area contributed by atoms with Crippen LogP contribution < -0.4 is 33.3 Å². The summed E-state index contributed by atoms with van der Waals surface area (Å²) in [5, 5.41) is 23.2. The zero-order valence-electron chi connectivity index (χ0n) is 22.6. The number of carbonyl (C=O) groups is 3. The molecule has 0 aliphatic heterocycles. The normalized spacial score (nSPS) is 13.2. The van der Waals surface area contributed by atoms with Crippen molar-refractivity contribution in [2.75, 3.05) is 31.5 Å². The third kappa shape index (κ3) is 10.8. The van der Waals surface area contributed by atoms with Gasteiger partial charge in [-0.1, -0.05) is 18.2 Å². The minimum Gasteiger partial charge on any atom is -0.423 e. The molecule has 3 amide bonds. The minimum absolute atomic E-state index is 0.104. The average Bonchev–Trinajstić information content (AvgIpc) is 2.91. The van der Waals surface area contributed by atoms with Crippen LogP contribution in [0.1, 0.15) is 23.1 Å². The minimum atomic E-state index is -4.93. The topological polar surface area (TPSA) is 197 Å². The summed E-state index contributed by atoms with van der Waals surface area (Å²) < 4.78 is 79.0. The fourth-order valence-corrected chi connectivity index (χ4v) is 3.90. The van der Waals surface area contributed by atoms with Crippen LogP contribution in [0.25, 0.3) is 0 Å². The van der Waals surface area contributed by atoms with Crippen LogP contribution in [0.5, 0.6) is 0 Å². The predicted molar refractivity (Wildman–Crippen MR) is 144 cm³/mol. The number of halogens is 6. The number of carbonyl (C=O) groups excluding carboxylic acids is 3. The molecule has 43 heavy (non-hydrogen) atoms. The number of benzene rings is 2. The Morgan fingerprint density at radius 3 is 1.91 bits per heavy atom. The molecule has 2 atom stereocenters. The number of alkyl halides is 6. The largest absolute Gasteiger partial charge is 0.488 e. The van der Waals surface area contributed by atoms with Crippen molar-refractivity contribution in [1.29, 1.82) is 0 Å². The zero-order chi connectivity index (χ0) is 32.5. The molecule has 0 saturated carbocycles. The number of nitrogens with one attached hydrogen (secondary N) is 2. The summed E-state index contributed by atoms with van der Waals surface area (Å²) in [4.78, 5) is 39.9. The summed E-state index contributed by atoms with van der Waals surface area (Å²) in [6, 6.07) is 2.27. The van der Waals surface area contributed by atoms with E-state index in [1.54, 1.807) is 0 Å². The molecular formula is C25H31BF6N6O5. The SMILES string of the molecule is NCCN(CCN)C(=O)C[C@H](N)C(=O)N[C@@H](Cc1ccc(C(F)(F)F)cc1)C(=O)Nc1cc(B(O)O)cc(C(F)(F)F)c1. The molecule has 0 fully saturated rings. The van der Waals surface area contributed by atoms with Crippen LogP contribution >= 0.6 is 0 Å². The van der Waals surface area contributed by atoms with E-state index in [9.17, 15) is 50.8 Å². The standard InChI is InChI=1S/C25H31BF6N6O5/c27-24(28,29)15-3-1-14(2-4-15)9-20(37-22(40)19(35)13-21(39)38(7-5-33)8-6-34)23(41)36-18-11-16(25(30,31)32)10-17(12-18)26(42)43/h1-4,10-12,19-20,42-43H,5-9,13,33-35H2,(H,36,41)(H,37,40)/t19-,20-/m0/s1. The Morgan fingerprint density at radius 2 is 1.42 bits per heavy atom. The lowest BCUT2D eigenvalue weighted by atomic mass is 9.79. The van der Waals surface area contributed by atoms with Crippen LogP contribution in [-0.2, 0) is 33.2 Å². The van der Waals surface area contributed by atoms with Crippen LogP contribution in [0.2, 0.25) is 0 Å². The van der Waals surface area contributed by atoms with E-state index in [-0.39, 0.29) is 31.7 Å². The fraction of sp³-hybridized carbons (Fsp3) is 0.400. The second-order valence-electron chi connectivity index (χ2n) is 9.43. The molecule has 0 saturated heterocycles. The first kappa shape index (κ1) is 35.5. The molecule has 2 aromatic rings. The summed E-state index contributed by atoms with van der Waals surface area (Å²) >= 11 is 0. The molecule has 0 radical (unpaired) electrons. The van der Waals surface area contributed by atoms with Gasteiger partial charge in [-0.2, -0.15) is 26.3 Å². The Bertz CT molecular complexity index is 1260. The molecule has 0 spiro atoms. The number of amides is 3. The van der Waals surface area contributed by atoms with Crippen molar-refractivity contribution in [3.8, 4) is 0 Å². The Morgan fingerprint density at radius 1 is 0.860 bits per heavy atom. The Balaban J connectivity index is 2.34. The molecule has 10 N–H and O–H groups in total. The van der Waals surface area contributed by atoms with Gasteiger partial charge in [0, 0.05) is 38.3 Å². The Labute approximate surface area is 242 Å². The van der Waals surface area contributed by atoms with Crippen molar-refractivity contribution in [1.82, 2.24) is 10.2 Å². The van der Waals surface area contributed by atoms with Crippen LogP contribution in [0.15, 0.2) is 42.5 Å². The smallest absolute Gasteiger partial charge is 0.423 e. The number of anilines is 1. The number of rotatable bonds is 13. The molecule has 236 valence electrons. The van der Waals surface area contributed by atoms with E-state index < -0.39 is 84.4 Å². The van der Waals surface area contributed by atoms with Crippen molar-refractivity contribution >= 4 is 36.0 Å². The van der Waals surface area contributed by atoms with Gasteiger partial charge in [-0.25, -0.2) is 0 Å². The predicted octanol–water partition coefficient (Wildman–Crippen LogP) is -0.467. The van der Waals surface area contributed by atoms with Gasteiger partial charge in [0.05, 0.1) is 23.6 Å². The van der Waals surface area contributed by atoms with Gasteiger partial charge in [-0.05, 0) is 35.3 Å². The van der Waals surface area contributed by atoms with E-state index in [0.29, 0.717) is 12.1 Å². The first-order valence-electron chi connectivity index (χ1n) is 12.8. The number of nitrogens with zero attached hydrogens (tertiary/aromatic N) is 1. The van der Waals surface area contributed by atoms with Gasteiger partial charge in [0.25, 0.3) is 0 Å². The van der Waals surface area contributed by atoms with Crippen molar-refractivity contribution in [3.05, 3.63) is 59.2 Å². The van der Waals surface area contributed by atoms with E-state index in [1.165, 1.54) is 4.90 Å². The Kier molecular flexibility index (Phi) is 12.5. The first-order chi connectivity index (χ1) is 20.0. The van der Waals surface area contributed by atoms with Crippen molar-refractivity contribution in [2.24, 2.45) is 17.2 Å². The molecule has 0 aromatic heterocycles. The fourth-order valence-electron chi connectivity index (χ4n) is 3.90. The lowest BCUT2D eigenvalue weighted by Gasteiger charge is -2.24. The third-order valence-corrected chi connectivity index (χ3v) is 6.08. The van der Waals surface area contributed by atoms with E-state index in [4.69, 9.17) is 17.2 Å². The molecule has 0 aliphatic rings. The summed E-state index contributed by atoms with van der Waals surface area (Å²) in [5.74, 6) is -2.70. The molecule has 2 rings (SSSR count). The quantitative estimate of drug-likeness (QED) is 0.115.